The third-order valence-electron chi connectivity index (χ3n) is 3.11. The number of anilines is 1. The molecule has 0 saturated carbocycles. The van der Waals surface area contributed by atoms with Gasteiger partial charge in [-0.15, -0.1) is 0 Å². The van der Waals surface area contributed by atoms with Gasteiger partial charge in [0.05, 0.1) is 0 Å². The van der Waals surface area contributed by atoms with Crippen molar-refractivity contribution in [3.05, 3.63) is 102 Å². The molecule has 0 aliphatic carbocycles. The predicted octanol–water partition coefficient (Wildman–Crippen LogP) is 5.43. The molecule has 0 radical (unpaired) electrons. The quantitative estimate of drug-likeness (QED) is 0.493. The van der Waals surface area contributed by atoms with Gasteiger partial charge in [-0.05, 0) is 35.7 Å². The zero-order chi connectivity index (χ0) is 15.6. The molecule has 3 aromatic rings. The van der Waals surface area contributed by atoms with Crippen molar-refractivity contribution in [2.45, 2.75) is 6.92 Å². The Morgan fingerprint density at radius 3 is 1.50 bits per heavy atom. The molecule has 110 valence electrons. The Bertz CT molecular complexity index is 641. The average Bonchev–Trinajstić information content (AvgIpc) is 2.55. The maximum atomic E-state index is 5.46. The van der Waals surface area contributed by atoms with Gasteiger partial charge in [0, 0.05) is 5.69 Å². The molecule has 22 heavy (non-hydrogen) atoms. The summed E-state index contributed by atoms with van der Waals surface area (Å²) in [4.78, 5) is 0. The fraction of sp³-hybridized carbons (Fsp3) is 0.0476. The van der Waals surface area contributed by atoms with Gasteiger partial charge in [0.1, 0.15) is 0 Å². The lowest BCUT2D eigenvalue weighted by Crippen LogP contribution is -1.82. The van der Waals surface area contributed by atoms with E-state index >= 15 is 0 Å². The second kappa shape index (κ2) is 8.48. The van der Waals surface area contributed by atoms with Crippen LogP contribution in [0, 0.1) is 6.92 Å². The lowest BCUT2D eigenvalue weighted by molar-refractivity contribution is 1.47. The van der Waals surface area contributed by atoms with E-state index in [1.54, 1.807) is 0 Å². The van der Waals surface area contributed by atoms with Crippen LogP contribution in [0.3, 0.4) is 0 Å². The zero-order valence-corrected chi connectivity index (χ0v) is 12.8. The lowest BCUT2D eigenvalue weighted by Gasteiger charge is -1.92. The number of nitrogen functional groups attached to an aromatic ring is 1. The number of hydrogen-bond donors (Lipinski definition) is 1. The molecule has 0 amide bonds. The van der Waals surface area contributed by atoms with Crippen molar-refractivity contribution < 1.29 is 0 Å². The van der Waals surface area contributed by atoms with Crippen molar-refractivity contribution in [1.29, 1.82) is 0 Å². The topological polar surface area (TPSA) is 26.0 Å². The van der Waals surface area contributed by atoms with Gasteiger partial charge < -0.3 is 5.73 Å². The minimum atomic E-state index is 0.838. The fourth-order valence-electron chi connectivity index (χ4n) is 1.99. The summed E-state index contributed by atoms with van der Waals surface area (Å²) in [6.45, 7) is 2.02. The minimum absolute atomic E-state index is 0.838. The maximum Gasteiger partial charge on any atom is 0.0316 e. The van der Waals surface area contributed by atoms with Crippen molar-refractivity contribution in [2.75, 3.05) is 5.73 Å². The highest BCUT2D eigenvalue weighted by Gasteiger charge is 1.84. The fourth-order valence-corrected chi connectivity index (χ4v) is 1.99. The standard InChI is InChI=1S/C14H12.C7H9N/c1-3-7-13(8-4-1)11-12-14-9-5-2-6-10-14;1-6-3-2-4-7(8)5-6/h1-12H;2-5H,8H2,1H3. The molecule has 0 spiro atoms. The molecule has 0 aromatic heterocycles. The summed E-state index contributed by atoms with van der Waals surface area (Å²) >= 11 is 0. The Labute approximate surface area is 132 Å². The number of aryl methyl sites for hydroxylation is 1. The van der Waals surface area contributed by atoms with Crippen LogP contribution < -0.4 is 5.73 Å². The Balaban J connectivity index is 0.000000188. The van der Waals surface area contributed by atoms with E-state index in [4.69, 9.17) is 5.73 Å². The van der Waals surface area contributed by atoms with Crippen LogP contribution in [0.15, 0.2) is 84.9 Å². The highest BCUT2D eigenvalue weighted by molar-refractivity contribution is 5.69. The van der Waals surface area contributed by atoms with E-state index in [1.165, 1.54) is 16.7 Å². The van der Waals surface area contributed by atoms with E-state index in [1.807, 2.05) is 67.6 Å². The highest BCUT2D eigenvalue weighted by atomic mass is 14.5. The van der Waals surface area contributed by atoms with E-state index in [-0.39, 0.29) is 0 Å². The van der Waals surface area contributed by atoms with Gasteiger partial charge in [-0.25, -0.2) is 0 Å². The molecule has 0 heterocycles. The summed E-state index contributed by atoms with van der Waals surface area (Å²) in [5.41, 5.74) is 9.98. The lowest BCUT2D eigenvalue weighted by atomic mass is 10.1. The van der Waals surface area contributed by atoms with Crippen LogP contribution in [0.5, 0.6) is 0 Å². The predicted molar refractivity (Wildman–Crippen MR) is 97.4 cm³/mol. The van der Waals surface area contributed by atoms with Crippen molar-refractivity contribution in [2.24, 2.45) is 0 Å². The Hall–Kier alpha value is -2.80. The van der Waals surface area contributed by atoms with Crippen molar-refractivity contribution in [1.82, 2.24) is 0 Å². The summed E-state index contributed by atoms with van der Waals surface area (Å²) in [5, 5.41) is 0. The SMILES string of the molecule is C(=Cc1ccccc1)c1ccccc1.Cc1cccc(N)c1. The largest absolute Gasteiger partial charge is 0.399 e. The summed E-state index contributed by atoms with van der Waals surface area (Å²) in [5.74, 6) is 0. The number of benzene rings is 3. The van der Waals surface area contributed by atoms with Crippen LogP contribution in [0.2, 0.25) is 0 Å². The molecule has 3 aromatic carbocycles. The van der Waals surface area contributed by atoms with Gasteiger partial charge in [-0.3, -0.25) is 0 Å². The number of hydrogen-bond acceptors (Lipinski definition) is 1. The van der Waals surface area contributed by atoms with E-state index in [9.17, 15) is 0 Å². The molecule has 1 nitrogen and oxygen atoms in total. The van der Waals surface area contributed by atoms with Crippen LogP contribution in [-0.2, 0) is 0 Å². The van der Waals surface area contributed by atoms with Gasteiger partial charge in [0.15, 0.2) is 0 Å². The zero-order valence-electron chi connectivity index (χ0n) is 12.8. The Kier molecular flexibility index (Phi) is 6.01. The molecule has 0 aliphatic rings. The Morgan fingerprint density at radius 1 is 0.636 bits per heavy atom. The van der Waals surface area contributed by atoms with Gasteiger partial charge in [-0.1, -0.05) is 84.9 Å². The second-order valence-corrected chi connectivity index (χ2v) is 5.07. The summed E-state index contributed by atoms with van der Waals surface area (Å²) in [7, 11) is 0. The van der Waals surface area contributed by atoms with Gasteiger partial charge >= 0.3 is 0 Å². The first-order chi connectivity index (χ1) is 10.7. The van der Waals surface area contributed by atoms with Crippen LogP contribution in [0.4, 0.5) is 5.69 Å². The minimum Gasteiger partial charge on any atom is -0.399 e. The second-order valence-electron chi connectivity index (χ2n) is 5.07. The number of nitrogens with two attached hydrogens (primary N) is 1. The molecule has 3 rings (SSSR count). The van der Waals surface area contributed by atoms with Crippen LogP contribution in [0.25, 0.3) is 12.2 Å². The van der Waals surface area contributed by atoms with E-state index in [0.717, 1.165) is 5.69 Å². The van der Waals surface area contributed by atoms with Gasteiger partial charge in [0.2, 0.25) is 0 Å². The van der Waals surface area contributed by atoms with E-state index in [2.05, 4.69) is 36.4 Å². The number of rotatable bonds is 2. The van der Waals surface area contributed by atoms with Gasteiger partial charge in [-0.2, -0.15) is 0 Å². The average molecular weight is 287 g/mol. The van der Waals surface area contributed by atoms with Crippen LogP contribution in [0.1, 0.15) is 16.7 Å². The maximum absolute atomic E-state index is 5.46. The molecule has 0 bridgehead atoms. The third-order valence-corrected chi connectivity index (χ3v) is 3.11. The van der Waals surface area contributed by atoms with Gasteiger partial charge in [0.25, 0.3) is 0 Å². The first-order valence-corrected chi connectivity index (χ1v) is 7.34. The van der Waals surface area contributed by atoms with Crippen LogP contribution in [-0.4, -0.2) is 0 Å². The first-order valence-electron chi connectivity index (χ1n) is 7.34. The molecule has 0 atom stereocenters. The summed E-state index contributed by atoms with van der Waals surface area (Å²) in [6, 6.07) is 28.4. The molecular weight excluding hydrogens is 266 g/mol. The van der Waals surface area contributed by atoms with E-state index < -0.39 is 0 Å². The highest BCUT2D eigenvalue weighted by Crippen LogP contribution is 2.07. The molecule has 0 fully saturated rings. The summed E-state index contributed by atoms with van der Waals surface area (Å²) < 4.78 is 0. The Morgan fingerprint density at radius 2 is 1.14 bits per heavy atom. The molecule has 0 unspecified atom stereocenters. The monoisotopic (exact) mass is 287 g/mol. The van der Waals surface area contributed by atoms with E-state index in [0.29, 0.717) is 0 Å². The molecule has 1 heteroatoms. The molecule has 0 aliphatic heterocycles. The third kappa shape index (κ3) is 5.68. The molecule has 2 N–H and O–H groups in total. The smallest absolute Gasteiger partial charge is 0.0316 e. The van der Waals surface area contributed by atoms with Crippen molar-refractivity contribution in [3.63, 3.8) is 0 Å². The normalized spacial score (nSPS) is 10.0. The van der Waals surface area contributed by atoms with Crippen molar-refractivity contribution in [3.8, 4) is 0 Å². The van der Waals surface area contributed by atoms with Crippen LogP contribution >= 0.6 is 0 Å². The van der Waals surface area contributed by atoms with Crippen molar-refractivity contribution >= 4 is 17.8 Å². The molecule has 0 saturated heterocycles. The first kappa shape index (κ1) is 15.6. The molecular formula is C21H21N. The summed E-state index contributed by atoms with van der Waals surface area (Å²) in [6.07, 6.45) is 4.24.